The summed E-state index contributed by atoms with van der Waals surface area (Å²) < 4.78 is 52.5. The number of aromatic hydroxyl groups is 1. The molecule has 0 amide bonds. The van der Waals surface area contributed by atoms with Crippen LogP contribution >= 0.6 is 0 Å². The molecule has 1 saturated carbocycles. The Labute approximate surface area is 258 Å². The molecular formula is C34H36F3N5O3. The number of phenols is 1. The van der Waals surface area contributed by atoms with Crippen molar-refractivity contribution in [3.05, 3.63) is 47.7 Å². The van der Waals surface area contributed by atoms with Crippen LogP contribution in [0, 0.1) is 17.6 Å². The number of halogens is 3. The van der Waals surface area contributed by atoms with Gasteiger partial charge in [-0.05, 0) is 79.6 Å². The second-order valence-corrected chi connectivity index (χ2v) is 13.3. The Balaban J connectivity index is 1.28. The van der Waals surface area contributed by atoms with Crippen molar-refractivity contribution in [2.75, 3.05) is 31.1 Å². The molecule has 236 valence electrons. The summed E-state index contributed by atoms with van der Waals surface area (Å²) in [6.07, 6.45) is 5.02. The summed E-state index contributed by atoms with van der Waals surface area (Å²) in [5.41, 5.74) is 0.177. The number of fused-ring (bicyclic) bond motifs is 5. The monoisotopic (exact) mass is 619 g/mol. The predicted molar refractivity (Wildman–Crippen MR) is 164 cm³/mol. The quantitative estimate of drug-likeness (QED) is 0.284. The van der Waals surface area contributed by atoms with Gasteiger partial charge in [-0.1, -0.05) is 13.0 Å². The van der Waals surface area contributed by atoms with E-state index in [4.69, 9.17) is 9.72 Å². The first-order valence-corrected chi connectivity index (χ1v) is 16.0. The van der Waals surface area contributed by atoms with Gasteiger partial charge in [0.25, 0.3) is 0 Å². The summed E-state index contributed by atoms with van der Waals surface area (Å²) >= 11 is 0. The zero-order valence-electron chi connectivity index (χ0n) is 25.1. The highest BCUT2D eigenvalue weighted by Gasteiger charge is 2.49. The minimum absolute atomic E-state index is 0.000127. The Morgan fingerprint density at radius 2 is 2.00 bits per heavy atom. The van der Waals surface area contributed by atoms with E-state index in [0.29, 0.717) is 59.9 Å². The van der Waals surface area contributed by atoms with E-state index in [1.165, 1.54) is 24.4 Å². The van der Waals surface area contributed by atoms with Crippen LogP contribution in [-0.2, 0) is 6.42 Å². The van der Waals surface area contributed by atoms with Crippen LogP contribution in [-0.4, -0.2) is 80.2 Å². The second kappa shape index (κ2) is 10.7. The van der Waals surface area contributed by atoms with Crippen LogP contribution < -0.4 is 9.64 Å². The molecule has 3 unspecified atom stereocenters. The molecule has 3 aliphatic heterocycles. The minimum Gasteiger partial charge on any atom is -0.508 e. The molecule has 8 nitrogen and oxygen atoms in total. The molecule has 4 aromatic rings. The van der Waals surface area contributed by atoms with Gasteiger partial charge in [0.1, 0.15) is 41.4 Å². The SMILES string of the molecule is CCc1c(F)ccc2cc(O)cc(-c3ncc4c(N5CC6CC5CCC6O)nc(OC[C@@]56CCCN5C[C@H](F)C6)nc4c3F)c12. The number of ether oxygens (including phenoxy) is 1. The molecule has 4 aliphatic rings. The van der Waals surface area contributed by atoms with Gasteiger partial charge in [0.15, 0.2) is 5.82 Å². The number of anilines is 1. The van der Waals surface area contributed by atoms with Gasteiger partial charge >= 0.3 is 6.01 Å². The van der Waals surface area contributed by atoms with Crippen molar-refractivity contribution in [2.24, 2.45) is 5.92 Å². The van der Waals surface area contributed by atoms with E-state index in [-0.39, 0.29) is 47.1 Å². The maximum absolute atomic E-state index is 16.8. The van der Waals surface area contributed by atoms with Crippen molar-refractivity contribution in [2.45, 2.75) is 75.7 Å². The molecule has 3 saturated heterocycles. The predicted octanol–water partition coefficient (Wildman–Crippen LogP) is 5.70. The average molecular weight is 620 g/mol. The Kier molecular flexibility index (Phi) is 6.83. The van der Waals surface area contributed by atoms with E-state index < -0.39 is 29.4 Å². The highest BCUT2D eigenvalue weighted by molar-refractivity contribution is 6.01. The number of hydrogen-bond acceptors (Lipinski definition) is 8. The molecule has 11 heteroatoms. The third-order valence-electron chi connectivity index (χ3n) is 10.7. The molecule has 4 fully saturated rings. The average Bonchev–Trinajstić information content (AvgIpc) is 3.68. The maximum Gasteiger partial charge on any atom is 0.319 e. The molecule has 2 N–H and O–H groups in total. The fourth-order valence-electron chi connectivity index (χ4n) is 8.54. The number of aliphatic hydroxyl groups is 1. The molecule has 2 aromatic carbocycles. The van der Waals surface area contributed by atoms with Crippen LogP contribution in [0.1, 0.15) is 51.0 Å². The van der Waals surface area contributed by atoms with E-state index >= 15 is 4.39 Å². The van der Waals surface area contributed by atoms with Crippen molar-refractivity contribution in [1.82, 2.24) is 19.9 Å². The molecule has 2 bridgehead atoms. The number of nitrogens with zero attached hydrogens (tertiary/aromatic N) is 5. The number of rotatable bonds is 6. The number of aliphatic hydroxyl groups excluding tert-OH is 1. The van der Waals surface area contributed by atoms with Crippen molar-refractivity contribution in [1.29, 1.82) is 0 Å². The molecule has 1 aliphatic carbocycles. The van der Waals surface area contributed by atoms with E-state index in [0.717, 1.165) is 32.2 Å². The third-order valence-corrected chi connectivity index (χ3v) is 10.7. The van der Waals surface area contributed by atoms with E-state index in [1.807, 2.05) is 6.92 Å². The van der Waals surface area contributed by atoms with Gasteiger partial charge in [-0.3, -0.25) is 9.88 Å². The summed E-state index contributed by atoms with van der Waals surface area (Å²) in [4.78, 5) is 18.2. The van der Waals surface area contributed by atoms with E-state index in [9.17, 15) is 19.0 Å². The summed E-state index contributed by atoms with van der Waals surface area (Å²) in [5, 5.41) is 22.6. The number of pyridine rings is 1. The van der Waals surface area contributed by atoms with Gasteiger partial charge in [-0.25, -0.2) is 13.2 Å². The number of aromatic nitrogens is 3. The second-order valence-electron chi connectivity index (χ2n) is 13.3. The molecule has 0 radical (unpaired) electrons. The van der Waals surface area contributed by atoms with Crippen molar-refractivity contribution in [3.8, 4) is 23.0 Å². The lowest BCUT2D eigenvalue weighted by Crippen LogP contribution is -2.43. The molecule has 45 heavy (non-hydrogen) atoms. The smallest absolute Gasteiger partial charge is 0.319 e. The topological polar surface area (TPSA) is 94.8 Å². The van der Waals surface area contributed by atoms with Gasteiger partial charge in [0.05, 0.1) is 17.0 Å². The van der Waals surface area contributed by atoms with Gasteiger partial charge in [-0.2, -0.15) is 9.97 Å². The van der Waals surface area contributed by atoms with Crippen molar-refractivity contribution < 1.29 is 28.1 Å². The molecular weight excluding hydrogens is 583 g/mol. The Morgan fingerprint density at radius 1 is 1.13 bits per heavy atom. The normalized spacial score (nSPS) is 28.0. The fourth-order valence-corrected chi connectivity index (χ4v) is 8.54. The zero-order valence-corrected chi connectivity index (χ0v) is 25.1. The number of phenolic OH excluding ortho intramolecular Hbond substituents is 1. The first-order valence-electron chi connectivity index (χ1n) is 16.0. The fraction of sp³-hybridized carbons (Fsp3) is 0.500. The standard InChI is InChI=1S/C34H36F3N5O3/c1-2-23-26(36)6-4-18-11-22(43)12-24(28(18)23)30-29(37)31-25(14-38-30)32(42-15-19-10-21(42)5-7-27(19)44)40-33(39-31)45-17-34-8-3-9-41(34)16-20(35)13-34/h4,6,11-12,14,19-21,27,43-44H,2-3,5,7-10,13,15-17H2,1H3/t19?,20-,21?,27?,34+/m1/s1. The number of hydrogen-bond donors (Lipinski definition) is 2. The first kappa shape index (κ1) is 28.8. The summed E-state index contributed by atoms with van der Waals surface area (Å²) in [7, 11) is 0. The van der Waals surface area contributed by atoms with Crippen LogP contribution in [0.5, 0.6) is 11.8 Å². The Bertz CT molecular complexity index is 1820. The van der Waals surface area contributed by atoms with Crippen LogP contribution in [0.2, 0.25) is 0 Å². The molecule has 0 spiro atoms. The van der Waals surface area contributed by atoms with Gasteiger partial charge in [0.2, 0.25) is 0 Å². The lowest BCUT2D eigenvalue weighted by atomic mass is 9.88. The lowest BCUT2D eigenvalue weighted by molar-refractivity contribution is 0.0896. The summed E-state index contributed by atoms with van der Waals surface area (Å²) in [6.45, 7) is 3.78. The largest absolute Gasteiger partial charge is 0.508 e. The number of alkyl halides is 1. The summed E-state index contributed by atoms with van der Waals surface area (Å²) in [5.74, 6) is -0.658. The Morgan fingerprint density at radius 3 is 2.82 bits per heavy atom. The lowest BCUT2D eigenvalue weighted by Gasteiger charge is -2.31. The zero-order chi connectivity index (χ0) is 31.0. The molecule has 5 atom stereocenters. The molecule has 2 aromatic heterocycles. The highest BCUT2D eigenvalue weighted by atomic mass is 19.1. The van der Waals surface area contributed by atoms with Crippen molar-refractivity contribution >= 4 is 27.5 Å². The minimum atomic E-state index is -0.918. The maximum atomic E-state index is 16.8. The van der Waals surface area contributed by atoms with Gasteiger partial charge < -0.3 is 19.8 Å². The van der Waals surface area contributed by atoms with E-state index in [2.05, 4.69) is 19.8 Å². The Hall–Kier alpha value is -3.70. The van der Waals surface area contributed by atoms with Crippen LogP contribution in [0.4, 0.5) is 19.0 Å². The number of aryl methyl sites for hydroxylation is 1. The van der Waals surface area contributed by atoms with Crippen molar-refractivity contribution in [3.63, 3.8) is 0 Å². The first-order chi connectivity index (χ1) is 21.7. The summed E-state index contributed by atoms with van der Waals surface area (Å²) in [6, 6.07) is 5.97. The van der Waals surface area contributed by atoms with Crippen LogP contribution in [0.3, 0.4) is 0 Å². The van der Waals surface area contributed by atoms with E-state index in [1.54, 1.807) is 6.07 Å². The van der Waals surface area contributed by atoms with Gasteiger partial charge in [0, 0.05) is 43.2 Å². The molecule has 5 heterocycles. The van der Waals surface area contributed by atoms with Gasteiger partial charge in [-0.15, -0.1) is 0 Å². The highest BCUT2D eigenvalue weighted by Crippen LogP contribution is 2.44. The van der Waals surface area contributed by atoms with Crippen LogP contribution in [0.25, 0.3) is 32.9 Å². The third kappa shape index (κ3) is 4.61. The van der Waals surface area contributed by atoms with Crippen LogP contribution in [0.15, 0.2) is 30.5 Å². The number of benzene rings is 2. The molecule has 8 rings (SSSR count).